The Morgan fingerprint density at radius 3 is 2.45 bits per heavy atom. The zero-order valence-corrected chi connectivity index (χ0v) is 12.7. The number of carboxylic acid groups (broad SMARTS) is 1. The number of rotatable bonds is 9. The molecule has 0 aromatic heterocycles. The summed E-state index contributed by atoms with van der Waals surface area (Å²) in [6, 6.07) is -1.41. The Morgan fingerprint density at radius 1 is 1.25 bits per heavy atom. The fourth-order valence-electron chi connectivity index (χ4n) is 1.18. The predicted molar refractivity (Wildman–Crippen MR) is 78.5 cm³/mol. The zero-order valence-electron chi connectivity index (χ0n) is 11.8. The van der Waals surface area contributed by atoms with Gasteiger partial charge in [0.15, 0.2) is 0 Å². The van der Waals surface area contributed by atoms with Gasteiger partial charge >= 0.3 is 12.0 Å². The summed E-state index contributed by atoms with van der Waals surface area (Å²) in [5, 5.41) is 13.4. The molecule has 0 rings (SSSR count). The van der Waals surface area contributed by atoms with Gasteiger partial charge < -0.3 is 16.2 Å². The van der Waals surface area contributed by atoms with Crippen LogP contribution in [0.2, 0.25) is 0 Å². The molecule has 0 saturated heterocycles. The molecule has 0 aromatic rings. The summed E-state index contributed by atoms with van der Waals surface area (Å²) in [5.74, 6) is -0.416. The van der Waals surface area contributed by atoms with E-state index in [1.54, 1.807) is 0 Å². The fraction of sp³-hybridized carbons (Fsp3) is 0.750. The number of amides is 3. The highest BCUT2D eigenvalue weighted by Gasteiger charge is 2.12. The van der Waals surface area contributed by atoms with Crippen molar-refractivity contribution < 1.29 is 19.5 Å². The molecule has 0 fully saturated rings. The van der Waals surface area contributed by atoms with Gasteiger partial charge in [-0.1, -0.05) is 13.8 Å². The molecule has 8 heteroatoms. The summed E-state index contributed by atoms with van der Waals surface area (Å²) < 4.78 is 0. The Morgan fingerprint density at radius 2 is 1.90 bits per heavy atom. The first kappa shape index (κ1) is 18.7. The van der Waals surface area contributed by atoms with Crippen LogP contribution in [0.5, 0.6) is 0 Å². The number of nitrogens with two attached hydrogens (primary N) is 1. The molecule has 0 radical (unpaired) electrons. The molecule has 0 spiro atoms. The molecule has 0 saturated carbocycles. The second-order valence-corrected chi connectivity index (χ2v) is 5.88. The molecule has 116 valence electrons. The van der Waals surface area contributed by atoms with E-state index in [-0.39, 0.29) is 12.2 Å². The van der Waals surface area contributed by atoms with Crippen molar-refractivity contribution in [3.8, 4) is 0 Å². The van der Waals surface area contributed by atoms with Crippen LogP contribution in [-0.2, 0) is 9.59 Å². The summed E-state index contributed by atoms with van der Waals surface area (Å²) in [6.45, 7) is 4.61. The molecule has 5 N–H and O–H groups in total. The lowest BCUT2D eigenvalue weighted by Crippen LogP contribution is -2.41. The van der Waals surface area contributed by atoms with Crippen LogP contribution in [0.4, 0.5) is 4.79 Å². The van der Waals surface area contributed by atoms with Gasteiger partial charge in [0.2, 0.25) is 5.91 Å². The van der Waals surface area contributed by atoms with Gasteiger partial charge in [-0.15, -0.1) is 0 Å². The van der Waals surface area contributed by atoms with Crippen LogP contribution >= 0.6 is 11.8 Å². The predicted octanol–water partition coefficient (Wildman–Crippen LogP) is 0.394. The van der Waals surface area contributed by atoms with E-state index in [1.807, 2.05) is 13.8 Å². The van der Waals surface area contributed by atoms with E-state index in [0.717, 1.165) is 6.42 Å². The molecule has 0 aliphatic heterocycles. The van der Waals surface area contributed by atoms with E-state index in [0.29, 0.717) is 18.2 Å². The van der Waals surface area contributed by atoms with Crippen molar-refractivity contribution in [2.24, 2.45) is 11.7 Å². The van der Waals surface area contributed by atoms with E-state index in [4.69, 9.17) is 10.8 Å². The number of hydrogen-bond donors (Lipinski definition) is 4. The molecule has 0 aliphatic carbocycles. The standard InChI is InChI=1S/C12H23N3O4S/c1-8(2)3-5-14-12(19)15-10(16)7-20-6-4-9(13)11(17)18/h8-9H,3-7,13H2,1-2H3,(H,17,18)(H2,14,15,16,19). The van der Waals surface area contributed by atoms with E-state index in [1.165, 1.54) is 11.8 Å². The second kappa shape index (κ2) is 10.5. The van der Waals surface area contributed by atoms with E-state index < -0.39 is 23.9 Å². The molecule has 20 heavy (non-hydrogen) atoms. The van der Waals surface area contributed by atoms with Gasteiger partial charge in [-0.2, -0.15) is 11.8 Å². The number of imide groups is 1. The quantitative estimate of drug-likeness (QED) is 0.457. The average molecular weight is 305 g/mol. The van der Waals surface area contributed by atoms with E-state index in [9.17, 15) is 14.4 Å². The minimum Gasteiger partial charge on any atom is -0.480 e. The summed E-state index contributed by atoms with van der Waals surface area (Å²) in [7, 11) is 0. The molecule has 0 heterocycles. The maximum Gasteiger partial charge on any atom is 0.321 e. The van der Waals surface area contributed by atoms with Gasteiger partial charge in [-0.05, 0) is 24.5 Å². The minimum atomic E-state index is -1.06. The Bertz CT molecular complexity index is 337. The number of nitrogens with one attached hydrogen (secondary N) is 2. The average Bonchev–Trinajstić information content (AvgIpc) is 2.33. The number of aliphatic carboxylic acids is 1. The first-order valence-electron chi connectivity index (χ1n) is 6.46. The highest BCUT2D eigenvalue weighted by Crippen LogP contribution is 2.03. The number of carbonyl (C=O) groups is 3. The van der Waals surface area contributed by atoms with Gasteiger partial charge in [0.05, 0.1) is 5.75 Å². The van der Waals surface area contributed by atoms with Gasteiger partial charge in [-0.25, -0.2) is 4.79 Å². The third kappa shape index (κ3) is 10.6. The fourth-order valence-corrected chi connectivity index (χ4v) is 2.00. The Hall–Kier alpha value is -1.28. The molecule has 0 aliphatic rings. The van der Waals surface area contributed by atoms with Crippen molar-refractivity contribution in [1.82, 2.24) is 10.6 Å². The largest absolute Gasteiger partial charge is 0.480 e. The number of hydrogen-bond acceptors (Lipinski definition) is 5. The molecular weight excluding hydrogens is 282 g/mol. The van der Waals surface area contributed by atoms with Crippen molar-refractivity contribution in [1.29, 1.82) is 0 Å². The van der Waals surface area contributed by atoms with Crippen LogP contribution in [0.15, 0.2) is 0 Å². The van der Waals surface area contributed by atoms with Crippen LogP contribution < -0.4 is 16.4 Å². The van der Waals surface area contributed by atoms with Crippen LogP contribution in [0.3, 0.4) is 0 Å². The highest BCUT2D eigenvalue weighted by atomic mass is 32.2. The van der Waals surface area contributed by atoms with E-state index >= 15 is 0 Å². The Labute approximate surface area is 123 Å². The number of carbonyl (C=O) groups excluding carboxylic acids is 2. The monoisotopic (exact) mass is 305 g/mol. The van der Waals surface area contributed by atoms with Gasteiger partial charge in [-0.3, -0.25) is 14.9 Å². The lowest BCUT2D eigenvalue weighted by atomic mass is 10.1. The topological polar surface area (TPSA) is 122 Å². The van der Waals surface area contributed by atoms with Gasteiger partial charge in [0.25, 0.3) is 0 Å². The minimum absolute atomic E-state index is 0.101. The van der Waals surface area contributed by atoms with Crippen LogP contribution in [-0.4, -0.2) is 47.1 Å². The lowest BCUT2D eigenvalue weighted by Gasteiger charge is -2.08. The maximum atomic E-state index is 11.4. The normalized spacial score (nSPS) is 12.0. The van der Waals surface area contributed by atoms with Crippen LogP contribution in [0, 0.1) is 5.92 Å². The van der Waals surface area contributed by atoms with Crippen molar-refractivity contribution >= 4 is 29.7 Å². The summed E-state index contributed by atoms with van der Waals surface area (Å²) in [5.41, 5.74) is 5.32. The van der Waals surface area contributed by atoms with Crippen molar-refractivity contribution in [3.63, 3.8) is 0 Å². The number of carboxylic acids is 1. The van der Waals surface area contributed by atoms with Gasteiger partial charge in [0, 0.05) is 6.54 Å². The summed E-state index contributed by atoms with van der Waals surface area (Å²) in [6.07, 6.45) is 1.14. The molecular formula is C12H23N3O4S. The molecule has 0 aromatic carbocycles. The van der Waals surface area contributed by atoms with Crippen molar-refractivity contribution in [3.05, 3.63) is 0 Å². The lowest BCUT2D eigenvalue weighted by molar-refractivity contribution is -0.138. The summed E-state index contributed by atoms with van der Waals surface area (Å²) in [4.78, 5) is 33.2. The maximum absolute atomic E-state index is 11.4. The second-order valence-electron chi connectivity index (χ2n) is 4.77. The smallest absolute Gasteiger partial charge is 0.321 e. The zero-order chi connectivity index (χ0) is 15.5. The van der Waals surface area contributed by atoms with Crippen LogP contribution in [0.25, 0.3) is 0 Å². The third-order valence-electron chi connectivity index (χ3n) is 2.38. The van der Waals surface area contributed by atoms with E-state index in [2.05, 4.69) is 10.6 Å². The Kier molecular flexibility index (Phi) is 9.83. The molecule has 7 nitrogen and oxygen atoms in total. The number of thioether (sulfide) groups is 1. The van der Waals surface area contributed by atoms with Crippen molar-refractivity contribution in [2.75, 3.05) is 18.1 Å². The van der Waals surface area contributed by atoms with Crippen LogP contribution in [0.1, 0.15) is 26.7 Å². The summed E-state index contributed by atoms with van der Waals surface area (Å²) >= 11 is 1.24. The van der Waals surface area contributed by atoms with Crippen molar-refractivity contribution in [2.45, 2.75) is 32.7 Å². The molecule has 1 atom stereocenters. The molecule has 3 amide bonds. The third-order valence-corrected chi connectivity index (χ3v) is 3.37. The van der Waals surface area contributed by atoms with Gasteiger partial charge in [0.1, 0.15) is 6.04 Å². The first-order chi connectivity index (χ1) is 9.32. The Balaban J connectivity index is 3.62. The highest BCUT2D eigenvalue weighted by molar-refractivity contribution is 7.99. The molecule has 0 bridgehead atoms. The number of urea groups is 1. The first-order valence-corrected chi connectivity index (χ1v) is 7.62. The molecule has 1 unspecified atom stereocenters. The SMILES string of the molecule is CC(C)CCNC(=O)NC(=O)CSCCC(N)C(=O)O.